The summed E-state index contributed by atoms with van der Waals surface area (Å²) in [6.45, 7) is 1.77. The van der Waals surface area contributed by atoms with E-state index in [1.54, 1.807) is 43.5 Å². The number of hydrogen-bond donors (Lipinski definition) is 1. The Morgan fingerprint density at radius 2 is 1.90 bits per heavy atom. The van der Waals surface area contributed by atoms with Crippen molar-refractivity contribution in [1.82, 2.24) is 4.98 Å². The van der Waals surface area contributed by atoms with E-state index in [1.165, 1.54) is 12.1 Å². The number of aryl methyl sites for hydroxylation is 1. The average Bonchev–Trinajstić information content (AvgIpc) is 3.25. The highest BCUT2D eigenvalue weighted by Gasteiger charge is 2.19. The third-order valence-electron chi connectivity index (χ3n) is 4.70. The summed E-state index contributed by atoms with van der Waals surface area (Å²) in [5.74, 6) is 0.457. The van der Waals surface area contributed by atoms with E-state index in [9.17, 15) is 14.9 Å². The minimum atomic E-state index is -0.501. The minimum absolute atomic E-state index is 0.0967. The van der Waals surface area contributed by atoms with Gasteiger partial charge in [0, 0.05) is 27.7 Å². The normalized spacial score (nSPS) is 10.6. The number of nitro groups is 1. The predicted octanol–water partition coefficient (Wildman–Crippen LogP) is 6.24. The molecule has 1 heterocycles. The Labute approximate surface area is 186 Å². The molecule has 0 radical (unpaired) electrons. The molecular weight excluding hydrogens is 462 g/mol. The molecule has 4 aromatic rings. The van der Waals surface area contributed by atoms with E-state index in [2.05, 4.69) is 26.2 Å². The van der Waals surface area contributed by atoms with Crippen molar-refractivity contribution in [3.8, 4) is 22.8 Å². The first-order valence-corrected chi connectivity index (χ1v) is 10.1. The van der Waals surface area contributed by atoms with E-state index in [0.29, 0.717) is 34.0 Å². The second-order valence-electron chi connectivity index (χ2n) is 6.80. The van der Waals surface area contributed by atoms with E-state index < -0.39 is 10.8 Å². The summed E-state index contributed by atoms with van der Waals surface area (Å²) < 4.78 is 6.84. The first-order chi connectivity index (χ1) is 14.9. The zero-order valence-corrected chi connectivity index (χ0v) is 17.9. The van der Waals surface area contributed by atoms with Gasteiger partial charge in [-0.25, -0.2) is 4.98 Å². The number of halogens is 1. The summed E-state index contributed by atoms with van der Waals surface area (Å²) in [6.07, 6.45) is 1.61. The van der Waals surface area contributed by atoms with Crippen LogP contribution in [0.4, 0.5) is 11.4 Å². The van der Waals surface area contributed by atoms with Gasteiger partial charge in [-0.3, -0.25) is 14.9 Å². The summed E-state index contributed by atoms with van der Waals surface area (Å²) in [5, 5.41) is 13.8. The van der Waals surface area contributed by atoms with Crippen molar-refractivity contribution >= 4 is 33.2 Å². The molecule has 0 bridgehead atoms. The molecule has 31 heavy (non-hydrogen) atoms. The van der Waals surface area contributed by atoms with Crippen molar-refractivity contribution in [3.63, 3.8) is 0 Å². The molecule has 1 aromatic heterocycles. The van der Waals surface area contributed by atoms with Crippen LogP contribution >= 0.6 is 15.9 Å². The number of non-ortho nitro benzene ring substituents is 1. The second-order valence-corrected chi connectivity index (χ2v) is 7.71. The third-order valence-corrected chi connectivity index (χ3v) is 5.19. The van der Waals surface area contributed by atoms with Crippen molar-refractivity contribution in [2.45, 2.75) is 6.92 Å². The number of anilines is 1. The molecular formula is C23H16BrN3O4. The summed E-state index contributed by atoms with van der Waals surface area (Å²) in [4.78, 5) is 27.9. The van der Waals surface area contributed by atoms with Gasteiger partial charge in [0.2, 0.25) is 5.89 Å². The molecule has 8 heteroatoms. The number of rotatable bonds is 5. The number of carbonyl (C=O) groups excluding carboxylic acids is 1. The van der Waals surface area contributed by atoms with Gasteiger partial charge in [0.05, 0.1) is 22.4 Å². The Morgan fingerprint density at radius 3 is 2.68 bits per heavy atom. The first-order valence-electron chi connectivity index (χ1n) is 9.30. The Bertz CT molecular complexity index is 1300. The van der Waals surface area contributed by atoms with Gasteiger partial charge < -0.3 is 9.73 Å². The molecule has 0 aliphatic rings. The van der Waals surface area contributed by atoms with Crippen molar-refractivity contribution in [1.29, 1.82) is 0 Å². The maximum Gasteiger partial charge on any atom is 0.271 e. The van der Waals surface area contributed by atoms with Crippen molar-refractivity contribution < 1.29 is 14.1 Å². The van der Waals surface area contributed by atoms with E-state index in [-0.39, 0.29) is 5.69 Å². The van der Waals surface area contributed by atoms with E-state index >= 15 is 0 Å². The van der Waals surface area contributed by atoms with Crippen LogP contribution in [0.15, 0.2) is 81.8 Å². The first kappa shape index (κ1) is 20.5. The molecule has 0 aliphatic heterocycles. The number of nitro benzene ring substituents is 1. The number of aromatic nitrogens is 1. The van der Waals surface area contributed by atoms with Gasteiger partial charge >= 0.3 is 0 Å². The van der Waals surface area contributed by atoms with E-state index in [0.717, 1.165) is 10.0 Å². The van der Waals surface area contributed by atoms with Gasteiger partial charge in [0.25, 0.3) is 11.6 Å². The molecule has 0 aliphatic carbocycles. The third kappa shape index (κ3) is 4.39. The molecule has 1 amide bonds. The SMILES string of the molecule is Cc1ccc([N+](=O)[O-])cc1NC(=O)c1ccccc1-c1ncc(-c2cccc(Br)c2)o1. The largest absolute Gasteiger partial charge is 0.436 e. The Morgan fingerprint density at radius 1 is 1.10 bits per heavy atom. The summed E-state index contributed by atoms with van der Waals surface area (Å²) >= 11 is 3.44. The lowest BCUT2D eigenvalue weighted by Crippen LogP contribution is -2.14. The number of hydrogen-bond acceptors (Lipinski definition) is 5. The highest BCUT2D eigenvalue weighted by Crippen LogP contribution is 2.30. The Hall–Kier alpha value is -3.78. The van der Waals surface area contributed by atoms with Gasteiger partial charge in [-0.15, -0.1) is 0 Å². The number of amides is 1. The quantitative estimate of drug-likeness (QED) is 0.271. The van der Waals surface area contributed by atoms with Gasteiger partial charge in [0.1, 0.15) is 0 Å². The van der Waals surface area contributed by atoms with Gasteiger partial charge in [-0.1, -0.05) is 46.3 Å². The number of carbonyl (C=O) groups is 1. The van der Waals surface area contributed by atoms with Crippen molar-refractivity contribution in [3.05, 3.63) is 98.6 Å². The lowest BCUT2D eigenvalue weighted by molar-refractivity contribution is -0.384. The Kier molecular flexibility index (Phi) is 5.64. The highest BCUT2D eigenvalue weighted by atomic mass is 79.9. The molecule has 4 rings (SSSR count). The standard InChI is InChI=1S/C23H16BrN3O4/c1-14-9-10-17(27(29)30)12-20(14)26-22(28)18-7-2-3-8-19(18)23-25-13-21(31-23)15-5-4-6-16(24)11-15/h2-13H,1H3,(H,26,28). The fraction of sp³-hybridized carbons (Fsp3) is 0.0435. The van der Waals surface area contributed by atoms with Crippen LogP contribution in [-0.4, -0.2) is 15.8 Å². The van der Waals surface area contributed by atoms with E-state index in [1.807, 2.05) is 24.3 Å². The van der Waals surface area contributed by atoms with Gasteiger partial charge in [0.15, 0.2) is 5.76 Å². The van der Waals surface area contributed by atoms with Gasteiger partial charge in [-0.2, -0.15) is 0 Å². The zero-order chi connectivity index (χ0) is 22.0. The molecule has 0 saturated heterocycles. The summed E-state index contributed by atoms with van der Waals surface area (Å²) in [7, 11) is 0. The van der Waals surface area contributed by atoms with Crippen molar-refractivity contribution in [2.24, 2.45) is 0 Å². The number of nitrogens with zero attached hydrogens (tertiary/aromatic N) is 2. The van der Waals surface area contributed by atoms with Crippen LogP contribution in [0.5, 0.6) is 0 Å². The van der Waals surface area contributed by atoms with Crippen LogP contribution in [0.3, 0.4) is 0 Å². The number of benzene rings is 3. The highest BCUT2D eigenvalue weighted by molar-refractivity contribution is 9.10. The second kappa shape index (κ2) is 8.53. The molecule has 0 unspecified atom stereocenters. The molecule has 0 saturated carbocycles. The molecule has 154 valence electrons. The number of oxazole rings is 1. The monoisotopic (exact) mass is 477 g/mol. The lowest BCUT2D eigenvalue weighted by atomic mass is 10.1. The predicted molar refractivity (Wildman–Crippen MR) is 121 cm³/mol. The van der Waals surface area contributed by atoms with Crippen molar-refractivity contribution in [2.75, 3.05) is 5.32 Å². The summed E-state index contributed by atoms with van der Waals surface area (Å²) in [6, 6.07) is 18.9. The fourth-order valence-electron chi connectivity index (χ4n) is 3.09. The van der Waals surface area contributed by atoms with Gasteiger partial charge in [-0.05, 0) is 36.8 Å². The molecule has 0 spiro atoms. The maximum absolute atomic E-state index is 13.0. The maximum atomic E-state index is 13.0. The van der Waals surface area contributed by atoms with Crippen LogP contribution < -0.4 is 5.32 Å². The Balaban J connectivity index is 1.66. The van der Waals surface area contributed by atoms with Crippen LogP contribution in [0.25, 0.3) is 22.8 Å². The average molecular weight is 478 g/mol. The lowest BCUT2D eigenvalue weighted by Gasteiger charge is -2.10. The van der Waals surface area contributed by atoms with Crippen LogP contribution in [0, 0.1) is 17.0 Å². The van der Waals surface area contributed by atoms with E-state index in [4.69, 9.17) is 4.42 Å². The van der Waals surface area contributed by atoms with Crippen LogP contribution in [-0.2, 0) is 0 Å². The molecule has 0 atom stereocenters. The molecule has 1 N–H and O–H groups in total. The molecule has 7 nitrogen and oxygen atoms in total. The smallest absolute Gasteiger partial charge is 0.271 e. The summed E-state index contributed by atoms with van der Waals surface area (Å²) in [5.41, 5.74) is 2.70. The zero-order valence-electron chi connectivity index (χ0n) is 16.3. The number of nitrogens with one attached hydrogen (secondary N) is 1. The molecule has 3 aromatic carbocycles. The minimum Gasteiger partial charge on any atom is -0.436 e. The fourth-order valence-corrected chi connectivity index (χ4v) is 3.49. The van der Waals surface area contributed by atoms with Crippen LogP contribution in [0.1, 0.15) is 15.9 Å². The molecule has 0 fully saturated rings. The topological polar surface area (TPSA) is 98.3 Å². The van der Waals surface area contributed by atoms with Crippen LogP contribution in [0.2, 0.25) is 0 Å².